The Morgan fingerprint density at radius 3 is 2.61 bits per heavy atom. The fourth-order valence-corrected chi connectivity index (χ4v) is 3.97. The molecule has 0 bridgehead atoms. The maximum absolute atomic E-state index is 14.3. The molecule has 0 aliphatic heterocycles. The number of hydrogen-bond donors (Lipinski definition) is 1. The molecule has 31 heavy (non-hydrogen) atoms. The highest BCUT2D eigenvalue weighted by molar-refractivity contribution is 9.10. The third-order valence-corrected chi connectivity index (χ3v) is 6.55. The van der Waals surface area contributed by atoms with Crippen molar-refractivity contribution in [1.29, 1.82) is 0 Å². The number of amides is 2. The van der Waals surface area contributed by atoms with Crippen molar-refractivity contribution < 1.29 is 18.7 Å². The zero-order valence-corrected chi connectivity index (χ0v) is 19.5. The predicted octanol–water partition coefficient (Wildman–Crippen LogP) is 4.75. The average molecular weight is 491 g/mol. The second-order valence-electron chi connectivity index (χ2n) is 7.98. The summed E-state index contributed by atoms with van der Waals surface area (Å²) in [7, 11) is 0. The molecule has 1 fully saturated rings. The summed E-state index contributed by atoms with van der Waals surface area (Å²) in [6.45, 7) is 3.36. The number of benzene rings is 2. The number of carbonyl (C=O) groups excluding carboxylic acids is 2. The Kier molecular flexibility index (Phi) is 8.07. The van der Waals surface area contributed by atoms with Gasteiger partial charge >= 0.3 is 0 Å². The van der Waals surface area contributed by atoms with Gasteiger partial charge in [-0.15, -0.1) is 0 Å². The van der Waals surface area contributed by atoms with E-state index in [1.54, 1.807) is 31.2 Å². The lowest BCUT2D eigenvalue weighted by Crippen LogP contribution is -2.50. The van der Waals surface area contributed by atoms with E-state index in [1.807, 2.05) is 19.1 Å². The van der Waals surface area contributed by atoms with Crippen LogP contribution in [0.3, 0.4) is 0 Å². The van der Waals surface area contributed by atoms with E-state index in [4.69, 9.17) is 4.74 Å². The number of hydrogen-bond acceptors (Lipinski definition) is 3. The van der Waals surface area contributed by atoms with E-state index < -0.39 is 11.9 Å². The summed E-state index contributed by atoms with van der Waals surface area (Å²) in [5, 5.41) is 3.03. The molecule has 0 saturated heterocycles. The monoisotopic (exact) mass is 490 g/mol. The normalized spacial score (nSPS) is 14.8. The van der Waals surface area contributed by atoms with Crippen LogP contribution < -0.4 is 10.1 Å². The van der Waals surface area contributed by atoms with E-state index in [1.165, 1.54) is 11.0 Å². The number of aryl methyl sites for hydroxylation is 1. The standard InChI is InChI=1S/C24H28BrFN2O3/c1-16-13-20(11-12-21(16)25)31-15-23(29)28(14-18-7-3-6-10-22(18)26)17(2)24(30)27-19-8-4-5-9-19/h3,6-7,10-13,17,19H,4-5,8-9,14-15H2,1-2H3,(H,27,30)/t17-/m1/s1. The highest BCUT2D eigenvalue weighted by Gasteiger charge is 2.29. The molecule has 1 N–H and O–H groups in total. The molecule has 1 saturated carbocycles. The van der Waals surface area contributed by atoms with Crippen molar-refractivity contribution in [2.75, 3.05) is 6.61 Å². The summed E-state index contributed by atoms with van der Waals surface area (Å²) in [6.07, 6.45) is 4.09. The summed E-state index contributed by atoms with van der Waals surface area (Å²) < 4.78 is 20.9. The molecule has 0 spiro atoms. The minimum Gasteiger partial charge on any atom is -0.484 e. The maximum atomic E-state index is 14.3. The molecule has 2 aromatic rings. The summed E-state index contributed by atoms with van der Waals surface area (Å²) in [5.41, 5.74) is 1.34. The lowest BCUT2D eigenvalue weighted by Gasteiger charge is -2.29. The van der Waals surface area contributed by atoms with Crippen molar-refractivity contribution in [3.05, 3.63) is 63.9 Å². The quantitative estimate of drug-likeness (QED) is 0.580. The van der Waals surface area contributed by atoms with Crippen molar-refractivity contribution >= 4 is 27.7 Å². The number of halogens is 2. The summed E-state index contributed by atoms with van der Waals surface area (Å²) in [6, 6.07) is 11.1. The van der Waals surface area contributed by atoms with Crippen LogP contribution in [0.25, 0.3) is 0 Å². The molecular formula is C24H28BrFN2O3. The molecule has 0 unspecified atom stereocenters. The van der Waals surface area contributed by atoms with Gasteiger partial charge in [0.05, 0.1) is 0 Å². The van der Waals surface area contributed by atoms with Crippen LogP contribution in [0.5, 0.6) is 5.75 Å². The fraction of sp³-hybridized carbons (Fsp3) is 0.417. The molecule has 0 heterocycles. The Hall–Kier alpha value is -2.41. The first kappa shape index (κ1) is 23.3. The van der Waals surface area contributed by atoms with Crippen LogP contribution in [-0.2, 0) is 16.1 Å². The van der Waals surface area contributed by atoms with E-state index in [-0.39, 0.29) is 31.0 Å². The van der Waals surface area contributed by atoms with E-state index in [0.717, 1.165) is 35.7 Å². The van der Waals surface area contributed by atoms with E-state index in [9.17, 15) is 14.0 Å². The minimum absolute atomic E-state index is 0.00646. The van der Waals surface area contributed by atoms with Gasteiger partial charge < -0.3 is 15.0 Å². The van der Waals surface area contributed by atoms with Crippen molar-refractivity contribution in [3.63, 3.8) is 0 Å². The number of carbonyl (C=O) groups is 2. The second-order valence-corrected chi connectivity index (χ2v) is 8.83. The molecule has 5 nitrogen and oxygen atoms in total. The SMILES string of the molecule is Cc1cc(OCC(=O)N(Cc2ccccc2F)[C@H](C)C(=O)NC2CCCC2)ccc1Br. The molecule has 1 aliphatic rings. The summed E-state index contributed by atoms with van der Waals surface area (Å²) in [5.74, 6) is -0.454. The highest BCUT2D eigenvalue weighted by atomic mass is 79.9. The zero-order valence-electron chi connectivity index (χ0n) is 17.9. The molecular weight excluding hydrogens is 463 g/mol. The first-order valence-electron chi connectivity index (χ1n) is 10.6. The number of rotatable bonds is 8. The number of nitrogens with one attached hydrogen (secondary N) is 1. The van der Waals surface area contributed by atoms with Gasteiger partial charge in [-0.2, -0.15) is 0 Å². The summed E-state index contributed by atoms with van der Waals surface area (Å²) >= 11 is 3.44. The van der Waals surface area contributed by atoms with Gasteiger partial charge in [-0.1, -0.05) is 47.0 Å². The molecule has 0 aromatic heterocycles. The van der Waals surface area contributed by atoms with Gasteiger partial charge in [0.15, 0.2) is 6.61 Å². The Labute approximate surface area is 191 Å². The van der Waals surface area contributed by atoms with Gasteiger partial charge in [-0.05, 0) is 56.5 Å². The molecule has 2 aromatic carbocycles. The van der Waals surface area contributed by atoms with Crippen molar-refractivity contribution in [3.8, 4) is 5.75 Å². The lowest BCUT2D eigenvalue weighted by atomic mass is 10.1. The topological polar surface area (TPSA) is 58.6 Å². The predicted molar refractivity (Wildman–Crippen MR) is 121 cm³/mol. The molecule has 7 heteroatoms. The van der Waals surface area contributed by atoms with E-state index in [2.05, 4.69) is 21.2 Å². The molecule has 3 rings (SSSR count). The zero-order chi connectivity index (χ0) is 22.4. The van der Waals surface area contributed by atoms with Gasteiger partial charge in [-0.3, -0.25) is 9.59 Å². The van der Waals surface area contributed by atoms with Gasteiger partial charge in [-0.25, -0.2) is 4.39 Å². The van der Waals surface area contributed by atoms with Crippen molar-refractivity contribution in [1.82, 2.24) is 10.2 Å². The molecule has 2 amide bonds. The Morgan fingerprint density at radius 2 is 1.94 bits per heavy atom. The van der Waals surface area contributed by atoms with Crippen LogP contribution >= 0.6 is 15.9 Å². The Morgan fingerprint density at radius 1 is 1.23 bits per heavy atom. The number of nitrogens with zero attached hydrogens (tertiary/aromatic N) is 1. The Bertz CT molecular complexity index is 931. The molecule has 1 atom stereocenters. The third-order valence-electron chi connectivity index (χ3n) is 5.66. The van der Waals surface area contributed by atoms with Crippen molar-refractivity contribution in [2.24, 2.45) is 0 Å². The van der Waals surface area contributed by atoms with Gasteiger partial charge in [0.1, 0.15) is 17.6 Å². The van der Waals surface area contributed by atoms with Crippen LogP contribution in [0.15, 0.2) is 46.9 Å². The highest BCUT2D eigenvalue weighted by Crippen LogP contribution is 2.22. The van der Waals surface area contributed by atoms with E-state index >= 15 is 0 Å². The first-order chi connectivity index (χ1) is 14.8. The smallest absolute Gasteiger partial charge is 0.261 e. The number of ether oxygens (including phenoxy) is 1. The molecule has 0 radical (unpaired) electrons. The Balaban J connectivity index is 1.73. The maximum Gasteiger partial charge on any atom is 0.261 e. The minimum atomic E-state index is -0.747. The largest absolute Gasteiger partial charge is 0.484 e. The van der Waals surface area contributed by atoms with Crippen LogP contribution in [0.2, 0.25) is 0 Å². The van der Waals surface area contributed by atoms with Crippen LogP contribution in [0.4, 0.5) is 4.39 Å². The molecule has 166 valence electrons. The first-order valence-corrected chi connectivity index (χ1v) is 11.4. The van der Waals surface area contributed by atoms with Gasteiger partial charge in [0.25, 0.3) is 5.91 Å². The van der Waals surface area contributed by atoms with Crippen LogP contribution in [0.1, 0.15) is 43.7 Å². The molecule has 1 aliphatic carbocycles. The van der Waals surface area contributed by atoms with Gasteiger partial charge in [0, 0.05) is 22.6 Å². The fourth-order valence-electron chi connectivity index (χ4n) is 3.72. The second kappa shape index (κ2) is 10.8. The summed E-state index contributed by atoms with van der Waals surface area (Å²) in [4.78, 5) is 27.3. The lowest BCUT2D eigenvalue weighted by molar-refractivity contribution is -0.142. The van der Waals surface area contributed by atoms with Crippen molar-refractivity contribution in [2.45, 2.75) is 58.2 Å². The van der Waals surface area contributed by atoms with Crippen LogP contribution in [-0.4, -0.2) is 35.4 Å². The third kappa shape index (κ3) is 6.29. The van der Waals surface area contributed by atoms with Crippen LogP contribution in [0, 0.1) is 12.7 Å². The van der Waals surface area contributed by atoms with E-state index in [0.29, 0.717) is 11.3 Å². The average Bonchev–Trinajstić information content (AvgIpc) is 3.26. The van der Waals surface area contributed by atoms with Gasteiger partial charge in [0.2, 0.25) is 5.91 Å².